The summed E-state index contributed by atoms with van der Waals surface area (Å²) < 4.78 is 12.2. The van der Waals surface area contributed by atoms with Crippen molar-refractivity contribution < 1.29 is 9.47 Å². The number of thiophene rings is 1. The van der Waals surface area contributed by atoms with Crippen LogP contribution in [0.1, 0.15) is 11.1 Å². The van der Waals surface area contributed by atoms with Gasteiger partial charge in [0.05, 0.1) is 17.7 Å². The Bertz CT molecular complexity index is 585. The largest absolute Gasteiger partial charge is 0.487 e. The molecular formula is C17H21BrClNO2S. The SMILES string of the molecule is Brc1cscc1OCc1ccc(CCN2CCOCC2)cc1.Cl. The van der Waals surface area contributed by atoms with E-state index < -0.39 is 0 Å². The minimum atomic E-state index is 0. The molecule has 0 spiro atoms. The summed E-state index contributed by atoms with van der Waals surface area (Å²) in [5, 5.41) is 4.05. The summed E-state index contributed by atoms with van der Waals surface area (Å²) in [5.74, 6) is 0.918. The van der Waals surface area contributed by atoms with Crippen molar-refractivity contribution in [1.29, 1.82) is 0 Å². The second-order valence-electron chi connectivity index (χ2n) is 5.39. The van der Waals surface area contributed by atoms with E-state index in [2.05, 4.69) is 45.1 Å². The summed E-state index contributed by atoms with van der Waals surface area (Å²) in [4.78, 5) is 2.47. The fourth-order valence-electron chi connectivity index (χ4n) is 2.45. The molecule has 2 aromatic rings. The summed E-state index contributed by atoms with van der Waals surface area (Å²) >= 11 is 5.12. The van der Waals surface area contributed by atoms with Crippen LogP contribution in [-0.2, 0) is 17.8 Å². The predicted molar refractivity (Wildman–Crippen MR) is 101 cm³/mol. The molecule has 2 heterocycles. The van der Waals surface area contributed by atoms with Gasteiger partial charge in [-0.3, -0.25) is 4.90 Å². The number of benzene rings is 1. The Morgan fingerprint density at radius 3 is 2.43 bits per heavy atom. The highest BCUT2D eigenvalue weighted by molar-refractivity contribution is 9.10. The molecule has 3 rings (SSSR count). The normalized spacial score (nSPS) is 15.2. The van der Waals surface area contributed by atoms with Gasteiger partial charge in [0.1, 0.15) is 12.4 Å². The highest BCUT2D eigenvalue weighted by Crippen LogP contribution is 2.29. The lowest BCUT2D eigenvalue weighted by molar-refractivity contribution is 0.0384. The maximum atomic E-state index is 5.80. The maximum absolute atomic E-state index is 5.80. The summed E-state index contributed by atoms with van der Waals surface area (Å²) in [7, 11) is 0. The van der Waals surface area contributed by atoms with E-state index in [0.29, 0.717) is 6.61 Å². The lowest BCUT2D eigenvalue weighted by atomic mass is 10.1. The molecule has 6 heteroatoms. The second-order valence-corrected chi connectivity index (χ2v) is 6.99. The molecule has 1 aromatic carbocycles. The van der Waals surface area contributed by atoms with Crippen LogP contribution in [0.2, 0.25) is 0 Å². The number of halogens is 2. The van der Waals surface area contributed by atoms with Crippen LogP contribution in [-0.4, -0.2) is 37.7 Å². The predicted octanol–water partition coefficient (Wildman–Crippen LogP) is 4.39. The van der Waals surface area contributed by atoms with Crippen LogP contribution in [0.3, 0.4) is 0 Å². The minimum Gasteiger partial charge on any atom is -0.487 e. The van der Waals surface area contributed by atoms with Crippen molar-refractivity contribution in [2.75, 3.05) is 32.8 Å². The van der Waals surface area contributed by atoms with Gasteiger partial charge in [0.15, 0.2) is 0 Å². The molecule has 1 fully saturated rings. The molecule has 1 saturated heterocycles. The Balaban J connectivity index is 0.00000192. The van der Waals surface area contributed by atoms with Gasteiger partial charge in [-0.05, 0) is 33.5 Å². The first-order valence-electron chi connectivity index (χ1n) is 7.54. The van der Waals surface area contributed by atoms with Gasteiger partial charge in [0, 0.05) is 30.4 Å². The van der Waals surface area contributed by atoms with Crippen molar-refractivity contribution in [2.24, 2.45) is 0 Å². The molecule has 0 unspecified atom stereocenters. The lowest BCUT2D eigenvalue weighted by Gasteiger charge is -2.26. The van der Waals surface area contributed by atoms with Crippen molar-refractivity contribution >= 4 is 39.7 Å². The molecule has 1 aliphatic heterocycles. The Hall–Kier alpha value is -0.590. The number of morpholine rings is 1. The van der Waals surface area contributed by atoms with Gasteiger partial charge in [0.25, 0.3) is 0 Å². The van der Waals surface area contributed by atoms with E-state index >= 15 is 0 Å². The van der Waals surface area contributed by atoms with E-state index in [4.69, 9.17) is 9.47 Å². The maximum Gasteiger partial charge on any atom is 0.144 e. The van der Waals surface area contributed by atoms with Crippen LogP contribution in [0.25, 0.3) is 0 Å². The summed E-state index contributed by atoms with van der Waals surface area (Å²) in [6.45, 7) is 5.58. The van der Waals surface area contributed by atoms with Crippen LogP contribution >= 0.6 is 39.7 Å². The Labute approximate surface area is 156 Å². The average molecular weight is 419 g/mol. The van der Waals surface area contributed by atoms with Crippen LogP contribution in [0.15, 0.2) is 39.5 Å². The summed E-state index contributed by atoms with van der Waals surface area (Å²) in [6, 6.07) is 8.74. The molecule has 0 atom stereocenters. The smallest absolute Gasteiger partial charge is 0.144 e. The first-order chi connectivity index (χ1) is 10.8. The fraction of sp³-hybridized carbons (Fsp3) is 0.412. The molecule has 23 heavy (non-hydrogen) atoms. The quantitative estimate of drug-likeness (QED) is 0.694. The van der Waals surface area contributed by atoms with E-state index in [1.54, 1.807) is 11.3 Å². The molecular weight excluding hydrogens is 398 g/mol. The van der Waals surface area contributed by atoms with Crippen molar-refractivity contribution in [3.8, 4) is 5.75 Å². The number of nitrogens with zero attached hydrogens (tertiary/aromatic N) is 1. The monoisotopic (exact) mass is 417 g/mol. The number of hydrogen-bond donors (Lipinski definition) is 0. The zero-order valence-electron chi connectivity index (χ0n) is 12.9. The van der Waals surface area contributed by atoms with Gasteiger partial charge in [-0.15, -0.1) is 23.7 Å². The van der Waals surface area contributed by atoms with Gasteiger partial charge < -0.3 is 9.47 Å². The summed E-state index contributed by atoms with van der Waals surface area (Å²) in [5.41, 5.74) is 2.58. The van der Waals surface area contributed by atoms with Crippen molar-refractivity contribution in [2.45, 2.75) is 13.0 Å². The van der Waals surface area contributed by atoms with Gasteiger partial charge in [-0.1, -0.05) is 24.3 Å². The molecule has 0 amide bonds. The molecule has 0 bridgehead atoms. The highest BCUT2D eigenvalue weighted by Gasteiger charge is 2.09. The Morgan fingerprint density at radius 1 is 1.09 bits per heavy atom. The topological polar surface area (TPSA) is 21.7 Å². The van der Waals surface area contributed by atoms with E-state index in [1.807, 2.05) is 10.8 Å². The number of hydrogen-bond acceptors (Lipinski definition) is 4. The molecule has 3 nitrogen and oxygen atoms in total. The summed E-state index contributed by atoms with van der Waals surface area (Å²) in [6.07, 6.45) is 1.09. The van der Waals surface area contributed by atoms with Crippen molar-refractivity contribution in [3.05, 3.63) is 50.6 Å². The van der Waals surface area contributed by atoms with Crippen LogP contribution in [0.5, 0.6) is 5.75 Å². The zero-order chi connectivity index (χ0) is 15.2. The number of rotatable bonds is 6. The van der Waals surface area contributed by atoms with E-state index in [9.17, 15) is 0 Å². The third kappa shape index (κ3) is 5.76. The number of ether oxygens (including phenoxy) is 2. The standard InChI is InChI=1S/C17H20BrNO2S.ClH/c18-16-12-22-13-17(16)21-11-15-3-1-14(2-4-15)5-6-19-7-9-20-10-8-19;/h1-4,12-13H,5-11H2;1H. The molecule has 0 saturated carbocycles. The van der Waals surface area contributed by atoms with Gasteiger partial charge in [-0.25, -0.2) is 0 Å². The molecule has 0 radical (unpaired) electrons. The van der Waals surface area contributed by atoms with E-state index in [0.717, 1.165) is 49.5 Å². The zero-order valence-corrected chi connectivity index (χ0v) is 16.1. The lowest BCUT2D eigenvalue weighted by Crippen LogP contribution is -2.37. The van der Waals surface area contributed by atoms with Crippen LogP contribution in [0.4, 0.5) is 0 Å². The van der Waals surface area contributed by atoms with Crippen LogP contribution in [0, 0.1) is 0 Å². The second kappa shape index (κ2) is 9.64. The first kappa shape index (κ1) is 18.7. The minimum absolute atomic E-state index is 0. The molecule has 126 valence electrons. The van der Waals surface area contributed by atoms with E-state index in [1.165, 1.54) is 11.1 Å². The third-order valence-electron chi connectivity index (χ3n) is 3.82. The van der Waals surface area contributed by atoms with Gasteiger partial charge in [0.2, 0.25) is 0 Å². The Morgan fingerprint density at radius 2 is 1.78 bits per heavy atom. The first-order valence-corrected chi connectivity index (χ1v) is 9.27. The molecule has 1 aliphatic rings. The van der Waals surface area contributed by atoms with E-state index in [-0.39, 0.29) is 12.4 Å². The molecule has 0 aliphatic carbocycles. The van der Waals surface area contributed by atoms with Gasteiger partial charge in [-0.2, -0.15) is 0 Å². The molecule has 0 N–H and O–H groups in total. The van der Waals surface area contributed by atoms with Crippen molar-refractivity contribution in [1.82, 2.24) is 4.90 Å². The average Bonchev–Trinajstić information content (AvgIpc) is 2.98. The van der Waals surface area contributed by atoms with Gasteiger partial charge >= 0.3 is 0 Å². The van der Waals surface area contributed by atoms with Crippen LogP contribution < -0.4 is 4.74 Å². The fourth-order valence-corrected chi connectivity index (χ4v) is 3.77. The Kier molecular flexibility index (Phi) is 7.86. The highest BCUT2D eigenvalue weighted by atomic mass is 79.9. The molecule has 1 aromatic heterocycles. The third-order valence-corrected chi connectivity index (χ3v) is 5.46. The van der Waals surface area contributed by atoms with Crippen molar-refractivity contribution in [3.63, 3.8) is 0 Å².